The van der Waals surface area contributed by atoms with E-state index in [-0.39, 0.29) is 5.75 Å². The molecule has 0 aliphatic carbocycles. The lowest BCUT2D eigenvalue weighted by Crippen LogP contribution is -2.21. The van der Waals surface area contributed by atoms with Crippen molar-refractivity contribution < 1.29 is 26.2 Å². The molecule has 0 unspecified atom stereocenters. The minimum absolute atomic E-state index is 0.132. The van der Waals surface area contributed by atoms with Crippen molar-refractivity contribution in [2.24, 2.45) is 0 Å². The third kappa shape index (κ3) is 14.5. The molecule has 0 heterocycles. The van der Waals surface area contributed by atoms with Crippen molar-refractivity contribution in [2.75, 3.05) is 27.1 Å². The first-order chi connectivity index (χ1) is 6.41. The molecule has 14 heavy (non-hydrogen) atoms. The second-order valence-corrected chi connectivity index (χ2v) is 5.85. The molecule has 0 fully saturated rings. The fraction of sp³-hybridized carbons (Fsp3) is 1.00. The molecule has 0 aliphatic rings. The van der Waals surface area contributed by atoms with Gasteiger partial charge in [0.1, 0.15) is 0 Å². The number of hydrogen-bond donors (Lipinski definition) is 1. The summed E-state index contributed by atoms with van der Waals surface area (Å²) in [7, 11) is -0.626. The van der Waals surface area contributed by atoms with Crippen LogP contribution in [0.4, 0.5) is 0 Å². The van der Waals surface area contributed by atoms with Gasteiger partial charge in [0.15, 0.2) is 0 Å². The Labute approximate surface area is 86.9 Å². The van der Waals surface area contributed by atoms with Crippen LogP contribution >= 0.6 is 0 Å². The van der Waals surface area contributed by atoms with E-state index in [1.165, 1.54) is 0 Å². The molecular formula is C6H18O6SSi. The first kappa shape index (κ1) is 16.4. The minimum Gasteiger partial charge on any atom is -0.379 e. The van der Waals surface area contributed by atoms with Crippen LogP contribution in [0.5, 0.6) is 0 Å². The van der Waals surface area contributed by atoms with Gasteiger partial charge < -0.3 is 13.3 Å². The van der Waals surface area contributed by atoms with Crippen LogP contribution in [0.2, 0.25) is 0 Å². The smallest absolute Gasteiger partial charge is 0.379 e. The summed E-state index contributed by atoms with van der Waals surface area (Å²) in [6.07, 6.45) is 0.471. The van der Waals surface area contributed by atoms with Gasteiger partial charge in [-0.05, 0) is 6.42 Å². The number of hydrogen-bond acceptors (Lipinski definition) is 5. The van der Waals surface area contributed by atoms with Gasteiger partial charge in [-0.1, -0.05) is 6.92 Å². The first-order valence-corrected chi connectivity index (χ1v) is 6.97. The molecule has 0 aromatic rings. The zero-order valence-corrected chi connectivity index (χ0v) is 10.9. The van der Waals surface area contributed by atoms with E-state index in [2.05, 4.69) is 0 Å². The molecule has 0 spiro atoms. The van der Waals surface area contributed by atoms with E-state index in [1.807, 2.05) is 0 Å². The van der Waals surface area contributed by atoms with Crippen LogP contribution < -0.4 is 0 Å². The lowest BCUT2D eigenvalue weighted by Gasteiger charge is -2.05. The Morgan fingerprint density at radius 3 is 1.50 bits per heavy atom. The average molecular weight is 246 g/mol. The lowest BCUT2D eigenvalue weighted by atomic mass is 10.6. The van der Waals surface area contributed by atoms with Crippen molar-refractivity contribution in [3.05, 3.63) is 0 Å². The van der Waals surface area contributed by atoms with Crippen LogP contribution in [0.1, 0.15) is 13.3 Å². The predicted octanol–water partition coefficient (Wildman–Crippen LogP) is -0.0730. The molecule has 8 heteroatoms. The summed E-state index contributed by atoms with van der Waals surface area (Å²) in [4.78, 5) is 0. The summed E-state index contributed by atoms with van der Waals surface area (Å²) in [6, 6.07) is 0. The van der Waals surface area contributed by atoms with Gasteiger partial charge in [0, 0.05) is 21.3 Å². The third-order valence-electron chi connectivity index (χ3n) is 1.04. The van der Waals surface area contributed by atoms with Gasteiger partial charge in [-0.2, -0.15) is 8.42 Å². The van der Waals surface area contributed by atoms with Crippen molar-refractivity contribution in [3.8, 4) is 0 Å². The van der Waals surface area contributed by atoms with Crippen LogP contribution in [0.15, 0.2) is 0 Å². The van der Waals surface area contributed by atoms with Crippen molar-refractivity contribution in [1.29, 1.82) is 0 Å². The molecule has 0 saturated heterocycles. The Morgan fingerprint density at radius 1 is 1.14 bits per heavy atom. The second-order valence-electron chi connectivity index (χ2n) is 2.28. The molecule has 0 aromatic heterocycles. The van der Waals surface area contributed by atoms with Crippen molar-refractivity contribution in [2.45, 2.75) is 13.3 Å². The molecular weight excluding hydrogens is 228 g/mol. The largest absolute Gasteiger partial charge is 0.483 e. The van der Waals surface area contributed by atoms with Gasteiger partial charge in [-0.15, -0.1) is 0 Å². The zero-order chi connectivity index (χ0) is 11.6. The van der Waals surface area contributed by atoms with Crippen molar-refractivity contribution >= 4 is 19.6 Å². The van der Waals surface area contributed by atoms with E-state index in [0.717, 1.165) is 0 Å². The molecule has 0 amide bonds. The first-order valence-electron chi connectivity index (χ1n) is 3.94. The highest BCUT2D eigenvalue weighted by molar-refractivity contribution is 7.85. The number of rotatable bonds is 5. The van der Waals surface area contributed by atoms with Gasteiger partial charge in [0.2, 0.25) is 0 Å². The van der Waals surface area contributed by atoms with Crippen LogP contribution in [0.3, 0.4) is 0 Å². The zero-order valence-electron chi connectivity index (χ0n) is 8.89. The Balaban J connectivity index is 0. The van der Waals surface area contributed by atoms with E-state index < -0.39 is 19.6 Å². The standard InChI is InChI=1S/C3H8O3S.C3H10O3Si/c1-2-3-7(4,5)6;1-4-7(5-2)6-3/h2-3H2,1H3,(H,4,5,6);7H,1-3H3. The molecule has 0 atom stereocenters. The summed E-state index contributed by atoms with van der Waals surface area (Å²) in [6.45, 7) is 1.69. The lowest BCUT2D eigenvalue weighted by molar-refractivity contribution is 0.163. The monoisotopic (exact) mass is 246 g/mol. The highest BCUT2D eigenvalue weighted by Gasteiger charge is 2.04. The SMILES string of the molecule is CCCS(=O)(=O)O.CO[SiH](OC)OC. The fourth-order valence-corrected chi connectivity index (χ4v) is 1.64. The van der Waals surface area contributed by atoms with Crippen LogP contribution in [-0.2, 0) is 23.4 Å². The van der Waals surface area contributed by atoms with E-state index in [0.29, 0.717) is 6.42 Å². The molecule has 0 aliphatic heterocycles. The summed E-state index contributed by atoms with van der Waals surface area (Å²) in [5.41, 5.74) is 0. The van der Waals surface area contributed by atoms with Gasteiger partial charge in [-0.25, -0.2) is 0 Å². The van der Waals surface area contributed by atoms with Gasteiger partial charge in [0.25, 0.3) is 10.1 Å². The average Bonchev–Trinajstić information content (AvgIpc) is 2.06. The molecule has 88 valence electrons. The molecule has 1 N–H and O–H groups in total. The Kier molecular flexibility index (Phi) is 11.2. The second kappa shape index (κ2) is 9.56. The van der Waals surface area contributed by atoms with E-state index in [9.17, 15) is 8.42 Å². The highest BCUT2D eigenvalue weighted by Crippen LogP contribution is 1.83. The summed E-state index contributed by atoms with van der Waals surface area (Å²) in [5.74, 6) is -0.132. The topological polar surface area (TPSA) is 82.1 Å². The molecule has 0 rings (SSSR count). The van der Waals surface area contributed by atoms with Crippen molar-refractivity contribution in [1.82, 2.24) is 0 Å². The normalized spacial score (nSPS) is 11.0. The summed E-state index contributed by atoms with van der Waals surface area (Å²) >= 11 is 0. The third-order valence-corrected chi connectivity index (χ3v) is 3.12. The quantitative estimate of drug-likeness (QED) is 0.540. The van der Waals surface area contributed by atoms with Crippen LogP contribution in [0.25, 0.3) is 0 Å². The maximum atomic E-state index is 9.79. The Hall–Kier alpha value is 0.00688. The molecule has 0 aromatic carbocycles. The van der Waals surface area contributed by atoms with Crippen molar-refractivity contribution in [3.63, 3.8) is 0 Å². The highest BCUT2D eigenvalue weighted by atomic mass is 32.2. The fourth-order valence-electron chi connectivity index (χ4n) is 0.547. The Bertz CT molecular complexity index is 195. The van der Waals surface area contributed by atoms with Gasteiger partial charge >= 0.3 is 9.53 Å². The molecule has 6 nitrogen and oxygen atoms in total. The van der Waals surface area contributed by atoms with E-state index in [4.69, 9.17) is 17.8 Å². The van der Waals surface area contributed by atoms with E-state index in [1.54, 1.807) is 28.3 Å². The molecule has 0 radical (unpaired) electrons. The predicted molar refractivity (Wildman–Crippen MR) is 54.9 cm³/mol. The maximum Gasteiger partial charge on any atom is 0.483 e. The Morgan fingerprint density at radius 2 is 1.50 bits per heavy atom. The van der Waals surface area contributed by atoms with Gasteiger partial charge in [0.05, 0.1) is 5.75 Å². The molecule has 0 bridgehead atoms. The minimum atomic E-state index is -3.67. The van der Waals surface area contributed by atoms with Gasteiger partial charge in [-0.3, -0.25) is 4.55 Å². The maximum absolute atomic E-state index is 9.79. The van der Waals surface area contributed by atoms with E-state index >= 15 is 0 Å². The molecule has 0 saturated carbocycles. The van der Waals surface area contributed by atoms with Crippen LogP contribution in [-0.4, -0.2) is 49.6 Å². The van der Waals surface area contributed by atoms with Crippen LogP contribution in [0, 0.1) is 0 Å². The summed E-state index contributed by atoms with van der Waals surface area (Å²) in [5, 5.41) is 0. The summed E-state index contributed by atoms with van der Waals surface area (Å²) < 4.78 is 41.8.